The molecule has 2 amide bonds. The SMILES string of the molecule is CCOC(=O)CN1CC(=O)N2c3ccccc3N(CC(=O)OCC)CC2C1=O. The summed E-state index contributed by atoms with van der Waals surface area (Å²) in [5, 5.41) is 0. The number of rotatable bonds is 6. The molecule has 1 fully saturated rings. The van der Waals surface area contributed by atoms with E-state index in [0.29, 0.717) is 11.4 Å². The number of carbonyl (C=O) groups is 4. The Bertz CT molecular complexity index is 796. The molecule has 1 atom stereocenters. The molecule has 9 nitrogen and oxygen atoms in total. The van der Waals surface area contributed by atoms with E-state index in [0.717, 1.165) is 0 Å². The lowest BCUT2D eigenvalue weighted by Crippen LogP contribution is -2.66. The second kappa shape index (κ2) is 8.28. The molecule has 150 valence electrons. The van der Waals surface area contributed by atoms with Gasteiger partial charge in [0, 0.05) is 6.54 Å². The van der Waals surface area contributed by atoms with E-state index >= 15 is 0 Å². The van der Waals surface area contributed by atoms with Gasteiger partial charge in [-0.2, -0.15) is 0 Å². The highest BCUT2D eigenvalue weighted by molar-refractivity contribution is 6.10. The summed E-state index contributed by atoms with van der Waals surface area (Å²) in [7, 11) is 0. The number of esters is 2. The Morgan fingerprint density at radius 1 is 0.964 bits per heavy atom. The summed E-state index contributed by atoms with van der Waals surface area (Å²) in [6.45, 7) is 3.49. The molecule has 28 heavy (non-hydrogen) atoms. The first kappa shape index (κ1) is 19.7. The predicted molar refractivity (Wildman–Crippen MR) is 99.8 cm³/mol. The fourth-order valence-corrected chi connectivity index (χ4v) is 3.53. The lowest BCUT2D eigenvalue weighted by atomic mass is 10.0. The van der Waals surface area contributed by atoms with Crippen LogP contribution in [0.4, 0.5) is 11.4 Å². The highest BCUT2D eigenvalue weighted by Gasteiger charge is 2.45. The number of benzene rings is 1. The summed E-state index contributed by atoms with van der Waals surface area (Å²) >= 11 is 0. The van der Waals surface area contributed by atoms with Crippen LogP contribution < -0.4 is 9.80 Å². The fraction of sp³-hybridized carbons (Fsp3) is 0.474. The molecule has 0 bridgehead atoms. The summed E-state index contributed by atoms with van der Waals surface area (Å²) in [5.74, 6) is -1.60. The van der Waals surface area contributed by atoms with Crippen LogP contribution in [0, 0.1) is 0 Å². The molecule has 1 unspecified atom stereocenters. The lowest BCUT2D eigenvalue weighted by Gasteiger charge is -2.46. The van der Waals surface area contributed by atoms with Crippen LogP contribution in [-0.2, 0) is 28.7 Å². The number of fused-ring (bicyclic) bond motifs is 3. The van der Waals surface area contributed by atoms with Crippen molar-refractivity contribution in [1.29, 1.82) is 0 Å². The predicted octanol–water partition coefficient (Wildman–Crippen LogP) is 0.177. The highest BCUT2D eigenvalue weighted by atomic mass is 16.5. The molecule has 0 N–H and O–H groups in total. The van der Waals surface area contributed by atoms with E-state index in [1.54, 1.807) is 43.0 Å². The van der Waals surface area contributed by atoms with E-state index in [4.69, 9.17) is 9.47 Å². The average molecular weight is 389 g/mol. The van der Waals surface area contributed by atoms with Gasteiger partial charge >= 0.3 is 11.9 Å². The van der Waals surface area contributed by atoms with Crippen molar-refractivity contribution >= 4 is 35.1 Å². The first-order valence-corrected chi connectivity index (χ1v) is 9.22. The van der Waals surface area contributed by atoms with Gasteiger partial charge in [0.05, 0.1) is 24.6 Å². The molecule has 3 rings (SSSR count). The molecule has 0 saturated carbocycles. The van der Waals surface area contributed by atoms with Crippen LogP contribution in [0.1, 0.15) is 13.8 Å². The number of nitrogens with zero attached hydrogens (tertiary/aromatic N) is 3. The quantitative estimate of drug-likeness (QED) is 0.640. The minimum absolute atomic E-state index is 0.0332. The van der Waals surface area contributed by atoms with Crippen LogP contribution in [0.2, 0.25) is 0 Å². The Kier molecular flexibility index (Phi) is 5.81. The number of hydrogen-bond donors (Lipinski definition) is 0. The Hall–Kier alpha value is -3.10. The van der Waals surface area contributed by atoms with Gasteiger partial charge in [-0.1, -0.05) is 12.1 Å². The monoisotopic (exact) mass is 389 g/mol. The van der Waals surface area contributed by atoms with Gasteiger partial charge in [0.2, 0.25) is 11.8 Å². The lowest BCUT2D eigenvalue weighted by molar-refractivity contribution is -0.152. The molecule has 1 aromatic rings. The summed E-state index contributed by atoms with van der Waals surface area (Å²) in [6.07, 6.45) is 0. The zero-order chi connectivity index (χ0) is 20.3. The van der Waals surface area contributed by atoms with Gasteiger partial charge in [0.25, 0.3) is 0 Å². The molecular formula is C19H23N3O6. The first-order valence-electron chi connectivity index (χ1n) is 9.22. The highest BCUT2D eigenvalue weighted by Crippen LogP contribution is 2.37. The van der Waals surface area contributed by atoms with E-state index in [2.05, 4.69) is 0 Å². The fourth-order valence-electron chi connectivity index (χ4n) is 3.53. The van der Waals surface area contributed by atoms with Gasteiger partial charge in [0.1, 0.15) is 25.7 Å². The van der Waals surface area contributed by atoms with E-state index in [1.807, 2.05) is 0 Å². The van der Waals surface area contributed by atoms with Gasteiger partial charge in [-0.25, -0.2) is 0 Å². The van der Waals surface area contributed by atoms with Crippen LogP contribution >= 0.6 is 0 Å². The number of carbonyl (C=O) groups excluding carboxylic acids is 4. The third-order valence-electron chi connectivity index (χ3n) is 4.63. The molecule has 2 heterocycles. The Morgan fingerprint density at radius 3 is 2.14 bits per heavy atom. The van der Waals surface area contributed by atoms with Crippen molar-refractivity contribution in [2.24, 2.45) is 0 Å². The maximum Gasteiger partial charge on any atom is 0.325 e. The molecule has 9 heteroatoms. The van der Waals surface area contributed by atoms with Gasteiger partial charge in [-0.15, -0.1) is 0 Å². The zero-order valence-corrected chi connectivity index (χ0v) is 15.9. The molecule has 1 saturated heterocycles. The molecule has 1 aromatic carbocycles. The van der Waals surface area contributed by atoms with Gasteiger partial charge in [0.15, 0.2) is 0 Å². The molecular weight excluding hydrogens is 366 g/mol. The normalized spacial score (nSPS) is 18.5. The van der Waals surface area contributed by atoms with Crippen molar-refractivity contribution in [3.05, 3.63) is 24.3 Å². The topological polar surface area (TPSA) is 96.5 Å². The first-order chi connectivity index (χ1) is 13.5. The molecule has 2 aliphatic heterocycles. The number of hydrogen-bond acceptors (Lipinski definition) is 7. The molecule has 0 aromatic heterocycles. The largest absolute Gasteiger partial charge is 0.465 e. The Morgan fingerprint density at radius 2 is 1.54 bits per heavy atom. The van der Waals surface area contributed by atoms with Crippen molar-refractivity contribution in [3.8, 4) is 0 Å². The van der Waals surface area contributed by atoms with Gasteiger partial charge < -0.3 is 19.3 Å². The minimum atomic E-state index is -0.819. The molecule has 0 aliphatic carbocycles. The van der Waals surface area contributed by atoms with E-state index in [9.17, 15) is 19.2 Å². The second-order valence-electron chi connectivity index (χ2n) is 6.45. The van der Waals surface area contributed by atoms with Crippen molar-refractivity contribution in [3.63, 3.8) is 0 Å². The van der Waals surface area contributed by atoms with Crippen LogP contribution in [0.25, 0.3) is 0 Å². The van der Waals surface area contributed by atoms with Crippen molar-refractivity contribution < 1.29 is 28.7 Å². The summed E-state index contributed by atoms with van der Waals surface area (Å²) in [5.41, 5.74) is 1.25. The minimum Gasteiger partial charge on any atom is -0.465 e. The third kappa shape index (κ3) is 3.78. The standard InChI is InChI=1S/C19H23N3O6/c1-3-27-17(24)11-20-9-15-19(26)21(12-18(25)28-4-2)10-16(23)22(15)14-8-6-5-7-13(14)20/h5-8,15H,3-4,9-12H2,1-2H3. The van der Waals surface area contributed by atoms with Crippen LogP contribution in [0.5, 0.6) is 0 Å². The number of amides is 2. The maximum absolute atomic E-state index is 13.0. The Labute approximate surface area is 162 Å². The van der Waals surface area contributed by atoms with Crippen molar-refractivity contribution in [2.75, 3.05) is 49.2 Å². The number of piperazine rings is 1. The average Bonchev–Trinajstić information content (AvgIpc) is 2.66. The smallest absolute Gasteiger partial charge is 0.325 e. The van der Waals surface area contributed by atoms with Gasteiger partial charge in [-0.05, 0) is 26.0 Å². The summed E-state index contributed by atoms with van der Waals surface area (Å²) in [4.78, 5) is 54.0. The zero-order valence-electron chi connectivity index (χ0n) is 15.9. The number of anilines is 2. The molecule has 0 spiro atoms. The Balaban J connectivity index is 1.88. The number of para-hydroxylation sites is 2. The maximum atomic E-state index is 13.0. The van der Waals surface area contributed by atoms with E-state index in [1.165, 1.54) is 9.80 Å². The van der Waals surface area contributed by atoms with Crippen molar-refractivity contribution in [2.45, 2.75) is 19.9 Å². The van der Waals surface area contributed by atoms with Crippen molar-refractivity contribution in [1.82, 2.24) is 4.90 Å². The number of ether oxygens (including phenoxy) is 2. The summed E-state index contributed by atoms with van der Waals surface area (Å²) < 4.78 is 9.92. The van der Waals surface area contributed by atoms with Crippen LogP contribution in [0.3, 0.4) is 0 Å². The summed E-state index contributed by atoms with van der Waals surface area (Å²) in [6, 6.07) is 6.30. The third-order valence-corrected chi connectivity index (χ3v) is 4.63. The molecule has 2 aliphatic rings. The second-order valence-corrected chi connectivity index (χ2v) is 6.45. The van der Waals surface area contributed by atoms with E-state index in [-0.39, 0.29) is 51.2 Å². The van der Waals surface area contributed by atoms with E-state index < -0.39 is 18.0 Å². The van der Waals surface area contributed by atoms with Gasteiger partial charge in [-0.3, -0.25) is 24.1 Å². The van der Waals surface area contributed by atoms with Crippen LogP contribution in [-0.4, -0.2) is 74.1 Å². The molecule has 0 radical (unpaired) electrons. The van der Waals surface area contributed by atoms with Crippen LogP contribution in [0.15, 0.2) is 24.3 Å².